The second kappa shape index (κ2) is 8.26. The van der Waals surface area contributed by atoms with Gasteiger partial charge in [-0.1, -0.05) is 12.1 Å². The van der Waals surface area contributed by atoms with E-state index in [4.69, 9.17) is 4.42 Å². The van der Waals surface area contributed by atoms with E-state index >= 15 is 0 Å². The lowest BCUT2D eigenvalue weighted by atomic mass is 9.90. The Bertz CT molecular complexity index is 1440. The molecule has 1 atom stereocenters. The van der Waals surface area contributed by atoms with Crippen molar-refractivity contribution in [2.75, 3.05) is 18.4 Å². The largest absolute Gasteiger partial charge is 0.420 e. The van der Waals surface area contributed by atoms with Gasteiger partial charge in [0.2, 0.25) is 11.8 Å². The van der Waals surface area contributed by atoms with E-state index in [9.17, 15) is 14.4 Å². The lowest BCUT2D eigenvalue weighted by Crippen LogP contribution is -2.42. The van der Waals surface area contributed by atoms with Crippen LogP contribution in [-0.2, 0) is 16.1 Å². The van der Waals surface area contributed by atoms with E-state index < -0.39 is 5.76 Å². The third-order valence-electron chi connectivity index (χ3n) is 7.39. The van der Waals surface area contributed by atoms with E-state index in [0.717, 1.165) is 30.6 Å². The Morgan fingerprint density at radius 2 is 1.83 bits per heavy atom. The van der Waals surface area contributed by atoms with E-state index in [2.05, 4.69) is 10.4 Å². The highest BCUT2D eigenvalue weighted by Crippen LogP contribution is 2.59. The molecule has 4 aromatic rings. The fourth-order valence-electron chi connectivity index (χ4n) is 5.22. The number of aromatic nitrogens is 3. The number of carbonyl (C=O) groups excluding carboxylic acids is 2. The van der Waals surface area contributed by atoms with Crippen LogP contribution in [0.5, 0.6) is 0 Å². The second-order valence-electron chi connectivity index (χ2n) is 9.41. The van der Waals surface area contributed by atoms with Crippen molar-refractivity contribution in [2.24, 2.45) is 11.3 Å². The number of benzene rings is 2. The van der Waals surface area contributed by atoms with Crippen LogP contribution in [0.25, 0.3) is 16.8 Å². The van der Waals surface area contributed by atoms with Crippen LogP contribution < -0.4 is 11.1 Å². The van der Waals surface area contributed by atoms with Crippen LogP contribution in [0.4, 0.5) is 5.69 Å². The fourth-order valence-corrected chi connectivity index (χ4v) is 5.22. The second-order valence-corrected chi connectivity index (χ2v) is 9.41. The number of nitrogens with zero attached hydrogens (tertiary/aromatic N) is 4. The van der Waals surface area contributed by atoms with Crippen molar-refractivity contribution in [3.8, 4) is 5.69 Å². The Balaban J connectivity index is 1.04. The number of amides is 2. The van der Waals surface area contributed by atoms with Crippen molar-refractivity contribution in [2.45, 2.75) is 25.8 Å². The number of carbonyl (C=O) groups is 2. The van der Waals surface area contributed by atoms with E-state index in [0.29, 0.717) is 24.2 Å². The minimum Gasteiger partial charge on any atom is -0.408 e. The van der Waals surface area contributed by atoms with Crippen LogP contribution >= 0.6 is 0 Å². The highest BCUT2D eigenvalue weighted by atomic mass is 16.4. The minimum atomic E-state index is -0.524. The van der Waals surface area contributed by atoms with Gasteiger partial charge in [0, 0.05) is 37.1 Å². The molecule has 2 aromatic heterocycles. The molecule has 0 radical (unpaired) electrons. The van der Waals surface area contributed by atoms with Crippen molar-refractivity contribution in [1.29, 1.82) is 0 Å². The molecule has 1 saturated heterocycles. The van der Waals surface area contributed by atoms with E-state index in [1.165, 1.54) is 4.57 Å². The molecule has 1 aliphatic heterocycles. The van der Waals surface area contributed by atoms with Crippen molar-refractivity contribution in [3.63, 3.8) is 0 Å². The van der Waals surface area contributed by atoms with Crippen LogP contribution in [-0.4, -0.2) is 44.2 Å². The summed E-state index contributed by atoms with van der Waals surface area (Å²) in [5, 5.41) is 7.25. The fraction of sp³-hybridized carbons (Fsp3) is 0.308. The molecule has 9 heteroatoms. The molecule has 2 aliphatic rings. The van der Waals surface area contributed by atoms with Crippen LogP contribution in [0, 0.1) is 11.3 Å². The van der Waals surface area contributed by atoms with E-state index in [-0.39, 0.29) is 29.7 Å². The topological polar surface area (TPSA) is 102 Å². The molecule has 1 N–H and O–H groups in total. The van der Waals surface area contributed by atoms with Crippen molar-refractivity contribution < 1.29 is 14.0 Å². The zero-order valence-corrected chi connectivity index (χ0v) is 19.1. The first-order valence-corrected chi connectivity index (χ1v) is 11.8. The third-order valence-corrected chi connectivity index (χ3v) is 7.39. The molecule has 1 spiro atoms. The Morgan fingerprint density at radius 3 is 2.57 bits per heavy atom. The van der Waals surface area contributed by atoms with E-state index in [1.54, 1.807) is 34.0 Å². The van der Waals surface area contributed by atoms with Crippen LogP contribution in [0.3, 0.4) is 0 Å². The molecule has 0 bridgehead atoms. The average Bonchev–Trinajstić information content (AvgIpc) is 3.19. The maximum atomic E-state index is 12.9. The monoisotopic (exact) mass is 471 g/mol. The van der Waals surface area contributed by atoms with Crippen LogP contribution in [0.1, 0.15) is 19.3 Å². The summed E-state index contributed by atoms with van der Waals surface area (Å²) in [5.74, 6) is -0.629. The number of fused-ring (bicyclic) bond motifs is 1. The van der Waals surface area contributed by atoms with Crippen LogP contribution in [0.15, 0.2) is 76.2 Å². The standard InChI is InChI=1S/C26H25N5O4/c32-23(17-30-21-4-1-2-5-22(21)35-25(30)34)29-14-10-26(11-15-29)16-20(26)24(33)28-18-6-8-19(9-7-18)31-13-3-12-27-31/h1-9,12-13,20H,10-11,14-17H2,(H,28,33)/t20-/m1/s1. The van der Waals surface area contributed by atoms with Gasteiger partial charge in [0.15, 0.2) is 5.58 Å². The smallest absolute Gasteiger partial charge is 0.408 e. The van der Waals surface area contributed by atoms with Gasteiger partial charge >= 0.3 is 5.76 Å². The molecule has 6 rings (SSSR count). The van der Waals surface area contributed by atoms with Gasteiger partial charge in [0.05, 0.1) is 11.2 Å². The normalized spacial score (nSPS) is 18.6. The number of rotatable bonds is 5. The maximum Gasteiger partial charge on any atom is 0.420 e. The predicted octanol–water partition coefficient (Wildman–Crippen LogP) is 3.05. The van der Waals surface area contributed by atoms with Gasteiger partial charge in [0.1, 0.15) is 6.54 Å². The molecular formula is C26H25N5O4. The highest BCUT2D eigenvalue weighted by Gasteiger charge is 2.58. The molecule has 1 aliphatic carbocycles. The third kappa shape index (κ3) is 3.92. The lowest BCUT2D eigenvalue weighted by molar-refractivity contribution is -0.133. The van der Waals surface area contributed by atoms with Crippen molar-refractivity contribution in [3.05, 3.63) is 77.5 Å². The quantitative estimate of drug-likeness (QED) is 0.482. The number of piperidine rings is 1. The van der Waals surface area contributed by atoms with Crippen molar-refractivity contribution in [1.82, 2.24) is 19.2 Å². The molecule has 2 aromatic carbocycles. The summed E-state index contributed by atoms with van der Waals surface area (Å²) in [4.78, 5) is 39.8. The molecule has 2 fully saturated rings. The Labute approximate surface area is 200 Å². The minimum absolute atomic E-state index is 0.0327. The lowest BCUT2D eigenvalue weighted by Gasteiger charge is -2.33. The van der Waals surface area contributed by atoms with Gasteiger partial charge in [-0.15, -0.1) is 0 Å². The first kappa shape index (κ1) is 21.4. The number of hydrogen-bond acceptors (Lipinski definition) is 5. The highest BCUT2D eigenvalue weighted by molar-refractivity contribution is 5.95. The van der Waals surface area contributed by atoms with Gasteiger partial charge in [-0.25, -0.2) is 9.48 Å². The number of para-hydroxylation sites is 2. The van der Waals surface area contributed by atoms with Gasteiger partial charge < -0.3 is 14.6 Å². The number of hydrogen-bond donors (Lipinski definition) is 1. The van der Waals surface area contributed by atoms with Gasteiger partial charge in [-0.3, -0.25) is 14.2 Å². The zero-order chi connectivity index (χ0) is 24.0. The number of anilines is 1. The summed E-state index contributed by atoms with van der Waals surface area (Å²) in [6, 6.07) is 16.6. The summed E-state index contributed by atoms with van der Waals surface area (Å²) < 4.78 is 8.38. The first-order valence-electron chi connectivity index (χ1n) is 11.8. The first-order chi connectivity index (χ1) is 17.0. The van der Waals surface area contributed by atoms with Gasteiger partial charge in [0.25, 0.3) is 0 Å². The number of likely N-dealkylation sites (tertiary alicyclic amines) is 1. The Kier molecular flexibility index (Phi) is 5.05. The molecule has 2 amide bonds. The maximum absolute atomic E-state index is 12.9. The number of oxazole rings is 1. The summed E-state index contributed by atoms with van der Waals surface area (Å²) in [6.07, 6.45) is 6.01. The molecular weight excluding hydrogens is 446 g/mol. The van der Waals surface area contributed by atoms with Crippen LogP contribution in [0.2, 0.25) is 0 Å². The van der Waals surface area contributed by atoms with Crippen molar-refractivity contribution >= 4 is 28.6 Å². The Hall–Kier alpha value is -4.14. The number of nitrogens with one attached hydrogen (secondary N) is 1. The zero-order valence-electron chi connectivity index (χ0n) is 19.1. The summed E-state index contributed by atoms with van der Waals surface area (Å²) >= 11 is 0. The summed E-state index contributed by atoms with van der Waals surface area (Å²) in [7, 11) is 0. The molecule has 35 heavy (non-hydrogen) atoms. The molecule has 1 saturated carbocycles. The predicted molar refractivity (Wildman–Crippen MR) is 129 cm³/mol. The molecule has 178 valence electrons. The van der Waals surface area contributed by atoms with Gasteiger partial charge in [-0.05, 0) is 67.1 Å². The summed E-state index contributed by atoms with van der Waals surface area (Å²) in [5.41, 5.74) is 2.76. The molecule has 9 nitrogen and oxygen atoms in total. The SMILES string of the molecule is O=C(Nc1ccc(-n2cccn2)cc1)[C@H]1CC12CCN(C(=O)Cn1c(=O)oc3ccccc31)CC2. The average molecular weight is 472 g/mol. The molecule has 0 unspecified atom stereocenters. The molecule has 3 heterocycles. The van der Waals surface area contributed by atoms with E-state index in [1.807, 2.05) is 42.6 Å². The summed E-state index contributed by atoms with van der Waals surface area (Å²) in [6.45, 7) is 1.14. The Morgan fingerprint density at radius 1 is 1.06 bits per heavy atom. The van der Waals surface area contributed by atoms with Gasteiger partial charge in [-0.2, -0.15) is 5.10 Å².